The normalized spacial score (nSPS) is 10.2. The van der Waals surface area contributed by atoms with E-state index in [1.54, 1.807) is 13.0 Å². The fourth-order valence-electron chi connectivity index (χ4n) is 2.51. The molecule has 0 unspecified atom stereocenters. The van der Waals surface area contributed by atoms with Crippen LogP contribution in [0.15, 0.2) is 15.7 Å². The number of amides is 1. The highest BCUT2D eigenvalue weighted by Gasteiger charge is 2.16. The number of carbonyl (C=O) groups is 1. The Balaban J connectivity index is 0.00000312. The highest BCUT2D eigenvalue weighted by atomic mass is 35.5. The molecule has 0 saturated heterocycles. The van der Waals surface area contributed by atoms with Gasteiger partial charge in [0.05, 0.1) is 5.39 Å². The van der Waals surface area contributed by atoms with Crippen LogP contribution in [0.4, 0.5) is 0 Å². The number of rotatable bonds is 6. The van der Waals surface area contributed by atoms with Crippen LogP contribution in [0.1, 0.15) is 29.4 Å². The van der Waals surface area contributed by atoms with Crippen LogP contribution in [0.2, 0.25) is 0 Å². The van der Waals surface area contributed by atoms with Gasteiger partial charge in [-0.25, -0.2) is 9.78 Å². The van der Waals surface area contributed by atoms with Crippen molar-refractivity contribution < 1.29 is 4.79 Å². The number of aromatic nitrogens is 3. The zero-order valence-electron chi connectivity index (χ0n) is 15.3. The van der Waals surface area contributed by atoms with Crippen LogP contribution in [0.25, 0.3) is 11.0 Å². The van der Waals surface area contributed by atoms with E-state index in [0.29, 0.717) is 24.0 Å². The van der Waals surface area contributed by atoms with E-state index in [1.807, 2.05) is 0 Å². The third-order valence-corrected chi connectivity index (χ3v) is 3.85. The average molecular weight is 406 g/mol. The van der Waals surface area contributed by atoms with Crippen molar-refractivity contribution in [3.8, 4) is 0 Å². The molecular weight excluding hydrogens is 381 g/mol. The quantitative estimate of drug-likeness (QED) is 0.682. The van der Waals surface area contributed by atoms with Crippen molar-refractivity contribution in [2.45, 2.75) is 20.3 Å². The summed E-state index contributed by atoms with van der Waals surface area (Å²) in [6.07, 6.45) is 1.03. The van der Waals surface area contributed by atoms with Gasteiger partial charge in [0.1, 0.15) is 11.3 Å². The van der Waals surface area contributed by atoms with Gasteiger partial charge in [-0.2, -0.15) is 0 Å². The first-order valence-corrected chi connectivity index (χ1v) is 7.94. The number of hydrogen-bond donors (Lipinski definition) is 2. The molecule has 2 aromatic heterocycles. The standard InChI is InChI=1S/C16H23N5O3.2ClH/c1-5-6-17-7-8-18-14(22)11-9-10(2)12-13(19-11)20(3)16(24)21(4)15(12)23;;/h9,17H,5-8H2,1-4H3,(H,18,22);2*1H. The molecule has 0 atom stereocenters. The minimum Gasteiger partial charge on any atom is -0.349 e. The Morgan fingerprint density at radius 2 is 1.77 bits per heavy atom. The van der Waals surface area contributed by atoms with Crippen LogP contribution < -0.4 is 21.9 Å². The van der Waals surface area contributed by atoms with Crippen LogP contribution in [0.5, 0.6) is 0 Å². The summed E-state index contributed by atoms with van der Waals surface area (Å²) in [5.74, 6) is -0.327. The molecule has 0 aromatic carbocycles. The smallest absolute Gasteiger partial charge is 0.332 e. The second-order valence-electron chi connectivity index (χ2n) is 5.73. The number of hydrogen-bond acceptors (Lipinski definition) is 5. The number of nitrogens with one attached hydrogen (secondary N) is 2. The van der Waals surface area contributed by atoms with Crippen molar-refractivity contribution in [2.24, 2.45) is 14.1 Å². The van der Waals surface area contributed by atoms with Crippen molar-refractivity contribution >= 4 is 41.8 Å². The Labute approximate surface area is 163 Å². The lowest BCUT2D eigenvalue weighted by molar-refractivity contribution is 0.0949. The SMILES string of the molecule is CCCNCCNC(=O)c1cc(C)c2c(=O)n(C)c(=O)n(C)c2n1.Cl.Cl. The molecule has 0 aliphatic rings. The van der Waals surface area contributed by atoms with Crippen LogP contribution in [-0.2, 0) is 14.1 Å². The summed E-state index contributed by atoms with van der Waals surface area (Å²) in [7, 11) is 2.96. The molecule has 146 valence electrons. The molecule has 0 radical (unpaired) electrons. The van der Waals surface area contributed by atoms with Crippen molar-refractivity contribution in [2.75, 3.05) is 19.6 Å². The van der Waals surface area contributed by atoms with E-state index in [4.69, 9.17) is 0 Å². The molecule has 0 aliphatic heterocycles. The summed E-state index contributed by atoms with van der Waals surface area (Å²) < 4.78 is 2.32. The summed E-state index contributed by atoms with van der Waals surface area (Å²) in [5, 5.41) is 6.31. The molecule has 2 rings (SSSR count). The van der Waals surface area contributed by atoms with Gasteiger partial charge >= 0.3 is 5.69 Å². The predicted octanol–water partition coefficient (Wildman–Crippen LogP) is 0.514. The van der Waals surface area contributed by atoms with Crippen molar-refractivity contribution in [3.05, 3.63) is 38.2 Å². The van der Waals surface area contributed by atoms with E-state index in [1.165, 1.54) is 18.7 Å². The second kappa shape index (κ2) is 10.3. The minimum absolute atomic E-state index is 0. The number of carbonyl (C=O) groups excluding carboxylic acids is 1. The number of pyridine rings is 1. The Morgan fingerprint density at radius 1 is 1.12 bits per heavy atom. The van der Waals surface area contributed by atoms with E-state index in [2.05, 4.69) is 22.5 Å². The van der Waals surface area contributed by atoms with Gasteiger partial charge in [0.15, 0.2) is 0 Å². The number of fused-ring (bicyclic) bond motifs is 1. The maximum Gasteiger partial charge on any atom is 0.332 e. The van der Waals surface area contributed by atoms with E-state index < -0.39 is 11.2 Å². The van der Waals surface area contributed by atoms with Gasteiger partial charge in [0.25, 0.3) is 11.5 Å². The van der Waals surface area contributed by atoms with Gasteiger partial charge in [0.2, 0.25) is 0 Å². The molecule has 2 N–H and O–H groups in total. The van der Waals surface area contributed by atoms with Crippen LogP contribution in [-0.4, -0.2) is 39.7 Å². The van der Waals surface area contributed by atoms with E-state index >= 15 is 0 Å². The highest BCUT2D eigenvalue weighted by molar-refractivity contribution is 5.95. The van der Waals surface area contributed by atoms with Crippen LogP contribution >= 0.6 is 24.8 Å². The third kappa shape index (κ3) is 4.84. The number of nitrogens with zero attached hydrogens (tertiary/aromatic N) is 3. The summed E-state index contributed by atoms with van der Waals surface area (Å²) in [4.78, 5) is 40.8. The predicted molar refractivity (Wildman–Crippen MR) is 107 cm³/mol. The molecular formula is C16H25Cl2N5O3. The topological polar surface area (TPSA) is 98.0 Å². The largest absolute Gasteiger partial charge is 0.349 e. The fourth-order valence-corrected chi connectivity index (χ4v) is 2.51. The molecule has 26 heavy (non-hydrogen) atoms. The summed E-state index contributed by atoms with van der Waals surface area (Å²) in [6.45, 7) is 5.85. The van der Waals surface area contributed by atoms with E-state index in [-0.39, 0.29) is 42.1 Å². The van der Waals surface area contributed by atoms with Gasteiger partial charge in [-0.15, -0.1) is 24.8 Å². The molecule has 0 saturated carbocycles. The van der Waals surface area contributed by atoms with Gasteiger partial charge in [-0.1, -0.05) is 6.92 Å². The van der Waals surface area contributed by atoms with Crippen LogP contribution in [0.3, 0.4) is 0 Å². The summed E-state index contributed by atoms with van der Waals surface area (Å²) >= 11 is 0. The Kier molecular flexibility index (Phi) is 9.55. The van der Waals surface area contributed by atoms with E-state index in [0.717, 1.165) is 17.5 Å². The highest BCUT2D eigenvalue weighted by Crippen LogP contribution is 2.12. The molecule has 2 heterocycles. The Morgan fingerprint density at radius 3 is 2.38 bits per heavy atom. The monoisotopic (exact) mass is 405 g/mol. The first-order valence-electron chi connectivity index (χ1n) is 7.94. The first kappa shape index (κ1) is 24.1. The molecule has 10 heteroatoms. The molecule has 2 aromatic rings. The lowest BCUT2D eigenvalue weighted by Gasteiger charge is -2.11. The Bertz CT molecular complexity index is 892. The van der Waals surface area contributed by atoms with Crippen molar-refractivity contribution in [3.63, 3.8) is 0 Å². The minimum atomic E-state index is -0.472. The molecule has 1 amide bonds. The summed E-state index contributed by atoms with van der Waals surface area (Å²) in [5.41, 5.74) is 0.149. The van der Waals surface area contributed by atoms with Gasteiger partial charge in [-0.05, 0) is 31.5 Å². The van der Waals surface area contributed by atoms with Gasteiger partial charge in [0, 0.05) is 27.2 Å². The Hall–Kier alpha value is -1.90. The molecule has 8 nitrogen and oxygen atoms in total. The zero-order valence-corrected chi connectivity index (χ0v) is 16.9. The molecule has 0 bridgehead atoms. The number of halogens is 2. The molecule has 0 aliphatic carbocycles. The van der Waals surface area contributed by atoms with Gasteiger partial charge < -0.3 is 10.6 Å². The maximum absolute atomic E-state index is 12.3. The molecule has 0 spiro atoms. The van der Waals surface area contributed by atoms with Crippen LogP contribution in [0, 0.1) is 6.92 Å². The molecule has 0 fully saturated rings. The zero-order chi connectivity index (χ0) is 17.9. The fraction of sp³-hybridized carbons (Fsp3) is 0.500. The lowest BCUT2D eigenvalue weighted by atomic mass is 10.1. The average Bonchev–Trinajstić information content (AvgIpc) is 2.57. The second-order valence-corrected chi connectivity index (χ2v) is 5.73. The first-order chi connectivity index (χ1) is 11.4. The third-order valence-electron chi connectivity index (χ3n) is 3.85. The lowest BCUT2D eigenvalue weighted by Crippen LogP contribution is -2.38. The van der Waals surface area contributed by atoms with Gasteiger partial charge in [-0.3, -0.25) is 18.7 Å². The number of aryl methyl sites for hydroxylation is 2. The summed E-state index contributed by atoms with van der Waals surface area (Å²) in [6, 6.07) is 1.57. The maximum atomic E-state index is 12.3. The van der Waals surface area contributed by atoms with E-state index in [9.17, 15) is 14.4 Å². The van der Waals surface area contributed by atoms with Crippen molar-refractivity contribution in [1.82, 2.24) is 24.8 Å². The van der Waals surface area contributed by atoms with Crippen molar-refractivity contribution in [1.29, 1.82) is 0 Å².